The van der Waals surface area contributed by atoms with Crippen molar-refractivity contribution in [1.82, 2.24) is 19.8 Å². The number of carbonyl (C=O) groups is 2. The van der Waals surface area contributed by atoms with Crippen LogP contribution in [0.25, 0.3) is 0 Å². The van der Waals surface area contributed by atoms with Crippen LogP contribution in [0.2, 0.25) is 0 Å². The summed E-state index contributed by atoms with van der Waals surface area (Å²) in [6.07, 6.45) is 8.82. The van der Waals surface area contributed by atoms with Crippen LogP contribution in [0.3, 0.4) is 0 Å². The van der Waals surface area contributed by atoms with Crippen molar-refractivity contribution in [3.63, 3.8) is 0 Å². The van der Waals surface area contributed by atoms with Crippen LogP contribution >= 0.6 is 0 Å². The molecule has 2 amide bonds. The molecule has 12 rings (SSSR count). The number of ether oxygens (including phenoxy) is 7. The van der Waals surface area contributed by atoms with Crippen LogP contribution in [0, 0.1) is 5.41 Å². The van der Waals surface area contributed by atoms with E-state index < -0.39 is 21.8 Å². The number of aliphatic hydroxyl groups excluding tert-OH is 1. The first-order chi connectivity index (χ1) is 41.3. The Morgan fingerprint density at radius 1 is 0.541 bits per heavy atom. The molecule has 5 aromatic carbocycles. The summed E-state index contributed by atoms with van der Waals surface area (Å²) >= 11 is 0. The van der Waals surface area contributed by atoms with Gasteiger partial charge >= 0.3 is 0 Å². The molecule has 0 radical (unpaired) electrons. The summed E-state index contributed by atoms with van der Waals surface area (Å²) in [7, 11) is -0.294. The van der Waals surface area contributed by atoms with Gasteiger partial charge in [-0.2, -0.15) is 8.42 Å². The topological polar surface area (TPSA) is 195 Å². The van der Waals surface area contributed by atoms with Crippen molar-refractivity contribution in [2.75, 3.05) is 73.1 Å². The molecule has 17 nitrogen and oxygen atoms in total. The predicted octanol–water partition coefficient (Wildman–Crippen LogP) is 10.3. The van der Waals surface area contributed by atoms with Gasteiger partial charge in [-0.25, -0.2) is 0 Å². The van der Waals surface area contributed by atoms with Gasteiger partial charge in [0.15, 0.2) is 29.3 Å². The summed E-state index contributed by atoms with van der Waals surface area (Å²) in [4.78, 5) is 38.2. The van der Waals surface area contributed by atoms with Gasteiger partial charge in [-0.15, -0.1) is 0 Å². The Bertz CT molecular complexity index is 3520. The lowest BCUT2D eigenvalue weighted by molar-refractivity contribution is -0.252. The second-order valence-corrected chi connectivity index (χ2v) is 24.5. The highest BCUT2D eigenvalue weighted by Gasteiger charge is 2.39. The Hall–Kier alpha value is -7.71. The van der Waals surface area contributed by atoms with Crippen molar-refractivity contribution in [2.45, 2.75) is 82.1 Å². The normalized spacial score (nSPS) is 18.8. The molecule has 5 aliphatic rings. The molecule has 2 aliphatic carbocycles. The van der Waals surface area contributed by atoms with Gasteiger partial charge in [0.05, 0.1) is 65.5 Å². The number of pyridine rings is 2. The number of likely N-dealkylation sites (tertiary alicyclic amines) is 2. The first-order valence-electron chi connectivity index (χ1n) is 28.9. The third kappa shape index (κ3) is 15.2. The lowest BCUT2D eigenvalue weighted by Crippen LogP contribution is -2.48. The molecule has 3 aliphatic heterocycles. The number of aromatic nitrogens is 2. The average Bonchev–Trinajstić information content (AvgIpc) is 4.29. The van der Waals surface area contributed by atoms with Crippen molar-refractivity contribution in [3.05, 3.63) is 213 Å². The van der Waals surface area contributed by atoms with Gasteiger partial charge in [0.1, 0.15) is 24.6 Å². The zero-order valence-electron chi connectivity index (χ0n) is 48.2. The van der Waals surface area contributed by atoms with E-state index >= 15 is 0 Å². The molecule has 85 heavy (non-hydrogen) atoms. The van der Waals surface area contributed by atoms with Gasteiger partial charge in [0.2, 0.25) is 0 Å². The number of benzene rings is 5. The maximum Gasteiger partial charge on any atom is 0.272 e. The summed E-state index contributed by atoms with van der Waals surface area (Å²) < 4.78 is 68.5. The third-order valence-corrected chi connectivity index (χ3v) is 16.7. The molecular weight excluding hydrogens is 1100 g/mol. The number of amides is 2. The van der Waals surface area contributed by atoms with Crippen LogP contribution in [0.5, 0.6) is 23.0 Å². The van der Waals surface area contributed by atoms with Crippen molar-refractivity contribution >= 4 is 21.9 Å². The SMILES string of the molecule is COc1cc(C2CN(C(=O)c3cc(COCC4(CO)COC(c5ccccc5)OC4)ccn3)C2)ccc1OCc1ccc(C2CC2)cc1.COc1cc(C2CN(C(=O)c3cc(COS(C)(=O)=O)ccn3)C2)ccc1OCc1ccc(C2CC2)cc1. The van der Waals surface area contributed by atoms with Gasteiger partial charge in [-0.05, 0) is 131 Å². The van der Waals surface area contributed by atoms with E-state index in [0.717, 1.165) is 51.5 Å². The predicted molar refractivity (Wildman–Crippen MR) is 317 cm³/mol. The number of nitrogens with zero attached hydrogens (tertiary/aromatic N) is 4. The molecular formula is C67H72N4O13S. The molecule has 3 saturated heterocycles. The van der Waals surface area contributed by atoms with E-state index in [4.69, 9.17) is 37.3 Å². The van der Waals surface area contributed by atoms with E-state index in [1.807, 2.05) is 66.7 Å². The van der Waals surface area contributed by atoms with Crippen molar-refractivity contribution < 1.29 is 60.5 Å². The third-order valence-electron chi connectivity index (χ3n) is 16.2. The molecule has 18 heteroatoms. The summed E-state index contributed by atoms with van der Waals surface area (Å²) in [5.74, 6) is 4.29. The van der Waals surface area contributed by atoms with Gasteiger partial charge < -0.3 is 48.1 Å². The molecule has 7 aromatic rings. The molecule has 5 fully saturated rings. The van der Waals surface area contributed by atoms with E-state index in [2.05, 4.69) is 64.6 Å². The molecule has 1 N–H and O–H groups in total. The van der Waals surface area contributed by atoms with Crippen molar-refractivity contribution in [1.29, 1.82) is 0 Å². The van der Waals surface area contributed by atoms with Crippen LogP contribution in [-0.2, 0) is 54.9 Å². The van der Waals surface area contributed by atoms with Gasteiger partial charge in [0, 0.05) is 56.0 Å². The Morgan fingerprint density at radius 2 is 1.00 bits per heavy atom. The summed E-state index contributed by atoms with van der Waals surface area (Å²) in [5.41, 5.74) is 9.58. The first-order valence-corrected chi connectivity index (χ1v) is 30.7. The molecule has 0 spiro atoms. The molecule has 2 saturated carbocycles. The number of rotatable bonds is 23. The van der Waals surface area contributed by atoms with Crippen molar-refractivity contribution in [2.24, 2.45) is 5.41 Å². The molecule has 0 bridgehead atoms. The summed E-state index contributed by atoms with van der Waals surface area (Å²) in [5, 5.41) is 10.1. The number of hydrogen-bond acceptors (Lipinski definition) is 15. The quantitative estimate of drug-likeness (QED) is 0.0594. The molecule has 0 atom stereocenters. The lowest BCUT2D eigenvalue weighted by Gasteiger charge is -2.39. The van der Waals surface area contributed by atoms with E-state index in [9.17, 15) is 23.1 Å². The highest BCUT2D eigenvalue weighted by Crippen LogP contribution is 2.42. The monoisotopic (exact) mass is 1170 g/mol. The molecule has 0 unspecified atom stereocenters. The van der Waals surface area contributed by atoms with Crippen molar-refractivity contribution in [3.8, 4) is 23.0 Å². The standard InChI is InChI=1S/C39H42N2O7.C28H30N2O6S/c1-44-36-18-32(13-14-35(36)46-22-27-7-9-29(10-8-27)30-11-12-30)33-19-41(20-33)37(43)34-17-28(15-16-40-34)21-45-24-39(23-42)25-47-38(48-26-39)31-5-3-2-4-6-31;1-34-27-14-23(9-10-26(27)35-17-19-3-5-21(6-4-19)22-7-8-22)24-15-30(16-24)28(31)25-13-20(11-12-29-25)18-36-37(2,32)33/h2-10,13-18,30,33,38,42H,11-12,19-26H2,1H3;3-6,9-14,22,24H,7-8,15-18H2,1-2H3. The number of hydrogen-bond donors (Lipinski definition) is 1. The second kappa shape index (κ2) is 26.7. The van der Waals surface area contributed by atoms with Gasteiger partial charge in [0.25, 0.3) is 21.9 Å². The van der Waals surface area contributed by atoms with Gasteiger partial charge in [-0.1, -0.05) is 91.0 Å². The van der Waals surface area contributed by atoms with E-state index in [0.29, 0.717) is 86.9 Å². The number of carbonyl (C=O) groups excluding carboxylic acids is 2. The highest BCUT2D eigenvalue weighted by atomic mass is 32.2. The maximum atomic E-state index is 13.3. The Kier molecular flexibility index (Phi) is 18.5. The second-order valence-electron chi connectivity index (χ2n) is 22.8. The van der Waals surface area contributed by atoms with E-state index in [-0.39, 0.29) is 55.8 Å². The average molecular weight is 1170 g/mol. The highest BCUT2D eigenvalue weighted by molar-refractivity contribution is 7.85. The van der Waals surface area contributed by atoms with E-state index in [1.54, 1.807) is 48.4 Å². The summed E-state index contributed by atoms with van der Waals surface area (Å²) in [6, 6.07) is 45.8. The van der Waals surface area contributed by atoms with Crippen LogP contribution in [0.1, 0.15) is 127 Å². The smallest absolute Gasteiger partial charge is 0.272 e. The first kappa shape index (κ1) is 59.0. The molecule has 444 valence electrons. The van der Waals surface area contributed by atoms with Crippen LogP contribution in [0.4, 0.5) is 0 Å². The van der Waals surface area contributed by atoms with Crippen LogP contribution < -0.4 is 18.9 Å². The number of methoxy groups -OCH3 is 2. The fraction of sp³-hybridized carbons (Fsp3) is 0.373. The fourth-order valence-corrected chi connectivity index (χ4v) is 11.0. The number of aliphatic hydroxyl groups is 1. The Morgan fingerprint density at radius 3 is 1.44 bits per heavy atom. The van der Waals surface area contributed by atoms with Gasteiger partial charge in [-0.3, -0.25) is 23.7 Å². The van der Waals surface area contributed by atoms with Crippen LogP contribution in [-0.4, -0.2) is 118 Å². The van der Waals surface area contributed by atoms with E-state index in [1.165, 1.54) is 43.0 Å². The molecule has 5 heterocycles. The largest absolute Gasteiger partial charge is 0.493 e. The zero-order chi connectivity index (χ0) is 58.9. The zero-order valence-corrected chi connectivity index (χ0v) is 49.0. The Labute approximate surface area is 496 Å². The molecule has 2 aromatic heterocycles. The minimum absolute atomic E-state index is 0.111. The van der Waals surface area contributed by atoms with Crippen LogP contribution in [0.15, 0.2) is 152 Å². The fourth-order valence-electron chi connectivity index (χ4n) is 10.6. The Balaban J connectivity index is 0.000000183. The lowest BCUT2D eigenvalue weighted by atomic mass is 9.90. The summed E-state index contributed by atoms with van der Waals surface area (Å²) in [6.45, 7) is 4.15. The minimum atomic E-state index is -3.57. The maximum absolute atomic E-state index is 13.3. The minimum Gasteiger partial charge on any atom is -0.493 e.